The minimum absolute atomic E-state index is 0.0747. The number of carbonyl (C=O) groups is 3. The molecule has 1 aliphatic heterocycles. The fraction of sp³-hybridized carbons (Fsp3) is 0.357. The molecule has 1 heterocycles. The van der Waals surface area contributed by atoms with E-state index in [0.717, 1.165) is 5.56 Å². The molecular weight excluding hydrogens is 260 g/mol. The fourth-order valence-electron chi connectivity index (χ4n) is 2.07. The smallest absolute Gasteiger partial charge is 0.316 e. The number of rotatable bonds is 4. The Kier molecular flexibility index (Phi) is 4.02. The molecule has 0 spiro atoms. The minimum atomic E-state index is -0.839. The van der Waals surface area contributed by atoms with Gasteiger partial charge in [0.15, 0.2) is 0 Å². The van der Waals surface area contributed by atoms with Crippen molar-refractivity contribution < 1.29 is 19.5 Å². The Morgan fingerprint density at radius 2 is 1.80 bits per heavy atom. The van der Waals surface area contributed by atoms with E-state index in [0.29, 0.717) is 25.2 Å². The van der Waals surface area contributed by atoms with Crippen LogP contribution in [0.15, 0.2) is 24.3 Å². The SMILES string of the molecule is CN1CCN(c2ccc(CCC(=O)O)cc2)C(=O)C1=O. The second-order valence-corrected chi connectivity index (χ2v) is 4.74. The van der Waals surface area contributed by atoms with Crippen LogP contribution in [0.25, 0.3) is 0 Å². The Labute approximate surface area is 116 Å². The number of piperazine rings is 1. The molecule has 0 atom stereocenters. The first kappa shape index (κ1) is 14.0. The molecule has 6 heteroatoms. The number of hydrogen-bond acceptors (Lipinski definition) is 3. The summed E-state index contributed by atoms with van der Waals surface area (Å²) in [4.78, 5) is 36.9. The first-order chi connectivity index (χ1) is 9.49. The van der Waals surface area contributed by atoms with Gasteiger partial charge in [0, 0.05) is 32.2 Å². The first-order valence-corrected chi connectivity index (χ1v) is 6.36. The molecule has 0 bridgehead atoms. The summed E-state index contributed by atoms with van der Waals surface area (Å²) in [5.74, 6) is -1.88. The Hall–Kier alpha value is -2.37. The van der Waals surface area contributed by atoms with E-state index in [1.807, 2.05) is 0 Å². The summed E-state index contributed by atoms with van der Waals surface area (Å²) < 4.78 is 0. The van der Waals surface area contributed by atoms with Crippen LogP contribution in [-0.2, 0) is 20.8 Å². The van der Waals surface area contributed by atoms with E-state index >= 15 is 0 Å². The molecule has 2 amide bonds. The van der Waals surface area contributed by atoms with Crippen molar-refractivity contribution in [2.24, 2.45) is 0 Å². The fourth-order valence-corrected chi connectivity index (χ4v) is 2.07. The van der Waals surface area contributed by atoms with Crippen molar-refractivity contribution in [3.05, 3.63) is 29.8 Å². The average Bonchev–Trinajstić information content (AvgIpc) is 2.43. The van der Waals surface area contributed by atoms with Gasteiger partial charge in [-0.2, -0.15) is 0 Å². The summed E-state index contributed by atoms with van der Waals surface area (Å²) in [6.45, 7) is 0.973. The van der Waals surface area contributed by atoms with Crippen LogP contribution in [-0.4, -0.2) is 47.9 Å². The number of amides is 2. The summed E-state index contributed by atoms with van der Waals surface area (Å²) >= 11 is 0. The van der Waals surface area contributed by atoms with Crippen LogP contribution in [0, 0.1) is 0 Å². The Bertz CT molecular complexity index is 539. The van der Waals surface area contributed by atoms with Crippen LogP contribution in [0.3, 0.4) is 0 Å². The van der Waals surface area contributed by atoms with Crippen LogP contribution in [0.1, 0.15) is 12.0 Å². The molecule has 0 radical (unpaired) electrons. The van der Waals surface area contributed by atoms with Crippen LogP contribution in [0.4, 0.5) is 5.69 Å². The minimum Gasteiger partial charge on any atom is -0.481 e. The molecule has 6 nitrogen and oxygen atoms in total. The van der Waals surface area contributed by atoms with Gasteiger partial charge in [-0.05, 0) is 24.1 Å². The second kappa shape index (κ2) is 5.73. The van der Waals surface area contributed by atoms with Crippen molar-refractivity contribution in [1.29, 1.82) is 0 Å². The van der Waals surface area contributed by atoms with Gasteiger partial charge >= 0.3 is 17.8 Å². The number of aliphatic carboxylic acids is 1. The third-order valence-electron chi connectivity index (χ3n) is 3.31. The van der Waals surface area contributed by atoms with Gasteiger partial charge in [-0.25, -0.2) is 0 Å². The maximum absolute atomic E-state index is 11.9. The lowest BCUT2D eigenvalue weighted by Crippen LogP contribution is -2.53. The predicted molar refractivity (Wildman–Crippen MR) is 72.4 cm³/mol. The highest BCUT2D eigenvalue weighted by Crippen LogP contribution is 2.18. The molecule has 1 aromatic carbocycles. The molecule has 2 rings (SSSR count). The van der Waals surface area contributed by atoms with E-state index in [-0.39, 0.29) is 6.42 Å². The van der Waals surface area contributed by atoms with Gasteiger partial charge in [0.2, 0.25) is 0 Å². The van der Waals surface area contributed by atoms with Crippen molar-refractivity contribution in [3.63, 3.8) is 0 Å². The largest absolute Gasteiger partial charge is 0.481 e. The zero-order valence-electron chi connectivity index (χ0n) is 11.2. The van der Waals surface area contributed by atoms with Gasteiger partial charge in [0.1, 0.15) is 0 Å². The van der Waals surface area contributed by atoms with Crippen molar-refractivity contribution >= 4 is 23.5 Å². The van der Waals surface area contributed by atoms with E-state index in [1.54, 1.807) is 31.3 Å². The molecule has 0 unspecified atom stereocenters. The number of anilines is 1. The highest BCUT2D eigenvalue weighted by Gasteiger charge is 2.30. The second-order valence-electron chi connectivity index (χ2n) is 4.74. The quantitative estimate of drug-likeness (QED) is 0.813. The highest BCUT2D eigenvalue weighted by atomic mass is 16.4. The average molecular weight is 276 g/mol. The summed E-state index contributed by atoms with van der Waals surface area (Å²) in [5, 5.41) is 8.63. The predicted octanol–water partition coefficient (Wildman–Crippen LogP) is 0.509. The third kappa shape index (κ3) is 2.96. The van der Waals surface area contributed by atoms with Gasteiger partial charge in [-0.3, -0.25) is 14.4 Å². The molecule has 0 aliphatic carbocycles. The first-order valence-electron chi connectivity index (χ1n) is 6.36. The molecule has 0 aromatic heterocycles. The van der Waals surface area contributed by atoms with Gasteiger partial charge in [0.05, 0.1) is 0 Å². The van der Waals surface area contributed by atoms with Gasteiger partial charge < -0.3 is 14.9 Å². The van der Waals surface area contributed by atoms with Crippen LogP contribution >= 0.6 is 0 Å². The molecule has 106 valence electrons. The summed E-state index contributed by atoms with van der Waals surface area (Å²) in [7, 11) is 1.60. The number of likely N-dealkylation sites (N-methyl/N-ethyl adjacent to an activating group) is 1. The van der Waals surface area contributed by atoms with Crippen LogP contribution in [0.2, 0.25) is 0 Å². The standard InChI is InChI=1S/C14H16N2O4/c1-15-8-9-16(14(20)13(15)19)11-5-2-10(3-6-11)4-7-12(17)18/h2-3,5-6H,4,7-9H2,1H3,(H,17,18). The zero-order valence-corrected chi connectivity index (χ0v) is 11.2. The molecule has 1 saturated heterocycles. The van der Waals surface area contributed by atoms with E-state index < -0.39 is 17.8 Å². The van der Waals surface area contributed by atoms with Crippen molar-refractivity contribution in [2.75, 3.05) is 25.0 Å². The van der Waals surface area contributed by atoms with Crippen LogP contribution < -0.4 is 4.90 Å². The van der Waals surface area contributed by atoms with Gasteiger partial charge in [-0.15, -0.1) is 0 Å². The number of benzene rings is 1. The Balaban J connectivity index is 2.08. The summed E-state index contributed by atoms with van der Waals surface area (Å²) in [5.41, 5.74) is 1.56. The molecule has 20 heavy (non-hydrogen) atoms. The zero-order chi connectivity index (χ0) is 14.7. The van der Waals surface area contributed by atoms with Crippen molar-refractivity contribution in [3.8, 4) is 0 Å². The molecule has 1 aliphatic rings. The molecule has 1 aromatic rings. The van der Waals surface area contributed by atoms with Crippen molar-refractivity contribution in [1.82, 2.24) is 4.90 Å². The van der Waals surface area contributed by atoms with E-state index in [1.165, 1.54) is 9.80 Å². The highest BCUT2D eigenvalue weighted by molar-refractivity contribution is 6.40. The summed E-state index contributed by atoms with van der Waals surface area (Å²) in [6, 6.07) is 7.06. The molecular formula is C14H16N2O4. The van der Waals surface area contributed by atoms with Gasteiger partial charge in [0.25, 0.3) is 0 Å². The Morgan fingerprint density at radius 3 is 2.40 bits per heavy atom. The number of nitrogens with zero attached hydrogens (tertiary/aromatic N) is 2. The normalized spacial score (nSPS) is 15.7. The lowest BCUT2D eigenvalue weighted by atomic mass is 10.1. The number of carbonyl (C=O) groups excluding carboxylic acids is 2. The third-order valence-corrected chi connectivity index (χ3v) is 3.31. The van der Waals surface area contributed by atoms with Crippen LogP contribution in [0.5, 0.6) is 0 Å². The molecule has 1 fully saturated rings. The van der Waals surface area contributed by atoms with E-state index in [9.17, 15) is 14.4 Å². The van der Waals surface area contributed by atoms with Gasteiger partial charge in [-0.1, -0.05) is 12.1 Å². The lowest BCUT2D eigenvalue weighted by molar-refractivity contribution is -0.145. The maximum Gasteiger partial charge on any atom is 0.316 e. The molecule has 0 saturated carbocycles. The topological polar surface area (TPSA) is 77.9 Å². The number of hydrogen-bond donors (Lipinski definition) is 1. The maximum atomic E-state index is 11.9. The number of carboxylic acids is 1. The molecule has 1 N–H and O–H groups in total. The summed E-state index contributed by atoms with van der Waals surface area (Å²) in [6.07, 6.45) is 0.524. The number of carboxylic acid groups (broad SMARTS) is 1. The number of aryl methyl sites for hydroxylation is 1. The Morgan fingerprint density at radius 1 is 1.15 bits per heavy atom. The monoisotopic (exact) mass is 276 g/mol. The lowest BCUT2D eigenvalue weighted by Gasteiger charge is -2.31. The van der Waals surface area contributed by atoms with E-state index in [4.69, 9.17) is 5.11 Å². The van der Waals surface area contributed by atoms with E-state index in [2.05, 4.69) is 0 Å². The van der Waals surface area contributed by atoms with Crippen molar-refractivity contribution in [2.45, 2.75) is 12.8 Å².